The highest BCUT2D eigenvalue weighted by Crippen LogP contribution is 2.17. The monoisotopic (exact) mass is 232 g/mol. The fourth-order valence-corrected chi connectivity index (χ4v) is 1.94. The van der Waals surface area contributed by atoms with Crippen LogP contribution >= 0.6 is 10.7 Å². The molecule has 14 heavy (non-hydrogen) atoms. The Morgan fingerprint density at radius 2 is 1.93 bits per heavy atom. The lowest BCUT2D eigenvalue weighted by atomic mass is 10.2. The minimum absolute atomic E-state index is 0.0863. The standard InChI is InChI=1S/C7H5ClN2O3S/c8-14(12,13)4-1-2-6-5(3-4)7(11)10-9-6/h1-3H,(H2,9,10,11). The molecular weight excluding hydrogens is 228 g/mol. The molecule has 0 spiro atoms. The third-order valence-electron chi connectivity index (χ3n) is 1.83. The molecule has 0 radical (unpaired) electrons. The number of hydrogen-bond acceptors (Lipinski definition) is 3. The second kappa shape index (κ2) is 2.86. The first-order valence-electron chi connectivity index (χ1n) is 3.63. The highest BCUT2D eigenvalue weighted by molar-refractivity contribution is 8.13. The average molecular weight is 233 g/mol. The summed E-state index contributed by atoms with van der Waals surface area (Å²) in [4.78, 5) is 11.0. The van der Waals surface area contributed by atoms with Crippen molar-refractivity contribution in [2.75, 3.05) is 0 Å². The van der Waals surface area contributed by atoms with Crippen LogP contribution in [0.4, 0.5) is 0 Å². The lowest BCUT2D eigenvalue weighted by Gasteiger charge is -1.94. The van der Waals surface area contributed by atoms with Gasteiger partial charge in [0, 0.05) is 10.7 Å². The Bertz CT molecular complexity index is 640. The molecule has 1 aromatic heterocycles. The molecule has 0 aliphatic carbocycles. The fourth-order valence-electron chi connectivity index (χ4n) is 1.16. The Balaban J connectivity index is 2.86. The summed E-state index contributed by atoms with van der Waals surface area (Å²) in [6, 6.07) is 4.03. The smallest absolute Gasteiger partial charge is 0.271 e. The molecule has 2 rings (SSSR count). The Labute approximate surface area is 83.1 Å². The Hall–Kier alpha value is -1.27. The summed E-state index contributed by atoms with van der Waals surface area (Å²) < 4.78 is 21.9. The van der Waals surface area contributed by atoms with Gasteiger partial charge < -0.3 is 0 Å². The maximum absolute atomic E-state index is 11.1. The van der Waals surface area contributed by atoms with E-state index in [-0.39, 0.29) is 15.8 Å². The SMILES string of the molecule is O=c1[nH][nH]c2ccc(S(=O)(=O)Cl)cc12. The normalized spacial score (nSPS) is 12.1. The highest BCUT2D eigenvalue weighted by atomic mass is 35.7. The zero-order valence-electron chi connectivity index (χ0n) is 6.74. The fraction of sp³-hybridized carbons (Fsp3) is 0. The van der Waals surface area contributed by atoms with Crippen LogP contribution in [-0.2, 0) is 9.05 Å². The molecule has 74 valence electrons. The summed E-state index contributed by atoms with van der Waals surface area (Å²) in [6.45, 7) is 0. The molecule has 0 bridgehead atoms. The Morgan fingerprint density at radius 3 is 2.57 bits per heavy atom. The van der Waals surface area contributed by atoms with Crippen molar-refractivity contribution in [2.45, 2.75) is 4.90 Å². The zero-order chi connectivity index (χ0) is 10.3. The predicted molar refractivity (Wildman–Crippen MR) is 52.0 cm³/mol. The van der Waals surface area contributed by atoms with E-state index in [9.17, 15) is 13.2 Å². The van der Waals surface area contributed by atoms with Crippen LogP contribution in [0, 0.1) is 0 Å². The van der Waals surface area contributed by atoms with Crippen LogP contribution in [0.5, 0.6) is 0 Å². The number of H-pyrrole nitrogens is 2. The number of aromatic amines is 2. The maximum atomic E-state index is 11.1. The van der Waals surface area contributed by atoms with Gasteiger partial charge >= 0.3 is 0 Å². The van der Waals surface area contributed by atoms with E-state index in [2.05, 4.69) is 10.2 Å². The van der Waals surface area contributed by atoms with Crippen LogP contribution in [-0.4, -0.2) is 18.6 Å². The summed E-state index contributed by atoms with van der Waals surface area (Å²) in [7, 11) is 1.34. The van der Waals surface area contributed by atoms with Gasteiger partial charge in [-0.3, -0.25) is 15.0 Å². The van der Waals surface area contributed by atoms with Crippen LogP contribution in [0.3, 0.4) is 0 Å². The number of aromatic nitrogens is 2. The minimum Gasteiger partial charge on any atom is -0.298 e. The van der Waals surface area contributed by atoms with Gasteiger partial charge in [0.1, 0.15) is 0 Å². The zero-order valence-corrected chi connectivity index (χ0v) is 8.32. The lowest BCUT2D eigenvalue weighted by Crippen LogP contribution is -1.98. The largest absolute Gasteiger partial charge is 0.298 e. The molecule has 0 unspecified atom stereocenters. The summed E-state index contributed by atoms with van der Waals surface area (Å²) in [5.41, 5.74) is 0.168. The third-order valence-corrected chi connectivity index (χ3v) is 3.18. The topological polar surface area (TPSA) is 82.8 Å². The van der Waals surface area contributed by atoms with Crippen molar-refractivity contribution in [1.29, 1.82) is 0 Å². The average Bonchev–Trinajstić information content (AvgIpc) is 2.46. The molecule has 1 aromatic carbocycles. The quantitative estimate of drug-likeness (QED) is 0.713. The van der Waals surface area contributed by atoms with Gasteiger partial charge in [0.05, 0.1) is 15.8 Å². The van der Waals surface area contributed by atoms with Gasteiger partial charge in [0.25, 0.3) is 14.6 Å². The number of fused-ring (bicyclic) bond motifs is 1. The van der Waals surface area contributed by atoms with Gasteiger partial charge in [-0.05, 0) is 18.2 Å². The predicted octanol–water partition coefficient (Wildman–Crippen LogP) is 0.784. The second-order valence-electron chi connectivity index (χ2n) is 2.72. The van der Waals surface area contributed by atoms with E-state index in [1.807, 2.05) is 0 Å². The minimum atomic E-state index is -3.78. The molecular formula is C7H5ClN2O3S. The van der Waals surface area contributed by atoms with Crippen LogP contribution < -0.4 is 5.56 Å². The van der Waals surface area contributed by atoms with Crippen molar-refractivity contribution in [3.8, 4) is 0 Å². The van der Waals surface area contributed by atoms with E-state index in [0.717, 1.165) is 0 Å². The Kier molecular flexibility index (Phi) is 1.90. The molecule has 0 atom stereocenters. The Morgan fingerprint density at radius 1 is 1.21 bits per heavy atom. The number of halogens is 1. The molecule has 2 aromatic rings. The molecule has 7 heteroatoms. The molecule has 0 fully saturated rings. The van der Waals surface area contributed by atoms with Crippen molar-refractivity contribution in [3.63, 3.8) is 0 Å². The van der Waals surface area contributed by atoms with Crippen molar-refractivity contribution in [3.05, 3.63) is 28.6 Å². The number of hydrogen-bond donors (Lipinski definition) is 2. The van der Waals surface area contributed by atoms with Gasteiger partial charge in [-0.2, -0.15) is 0 Å². The first kappa shape index (κ1) is 9.29. The van der Waals surface area contributed by atoms with Crippen LogP contribution in [0.15, 0.2) is 27.9 Å². The van der Waals surface area contributed by atoms with Crippen LogP contribution in [0.25, 0.3) is 10.9 Å². The molecule has 2 N–H and O–H groups in total. The summed E-state index contributed by atoms with van der Waals surface area (Å²) in [6.07, 6.45) is 0. The summed E-state index contributed by atoms with van der Waals surface area (Å²) >= 11 is 0. The number of benzene rings is 1. The van der Waals surface area contributed by atoms with Gasteiger partial charge in [-0.1, -0.05) is 0 Å². The molecule has 0 aliphatic rings. The van der Waals surface area contributed by atoms with Gasteiger partial charge in [0.15, 0.2) is 0 Å². The number of rotatable bonds is 1. The molecule has 0 saturated carbocycles. The molecule has 5 nitrogen and oxygen atoms in total. The van der Waals surface area contributed by atoms with Gasteiger partial charge in [-0.15, -0.1) is 0 Å². The van der Waals surface area contributed by atoms with Gasteiger partial charge in [-0.25, -0.2) is 8.42 Å². The molecule has 1 heterocycles. The molecule has 0 amide bonds. The number of nitrogens with one attached hydrogen (secondary N) is 2. The molecule has 0 saturated heterocycles. The van der Waals surface area contributed by atoms with E-state index in [1.165, 1.54) is 18.2 Å². The lowest BCUT2D eigenvalue weighted by molar-refractivity contribution is 0.609. The maximum Gasteiger partial charge on any atom is 0.271 e. The van der Waals surface area contributed by atoms with Crippen molar-refractivity contribution < 1.29 is 8.42 Å². The first-order chi connectivity index (χ1) is 6.48. The van der Waals surface area contributed by atoms with Crippen molar-refractivity contribution >= 4 is 30.6 Å². The van der Waals surface area contributed by atoms with Crippen LogP contribution in [0.2, 0.25) is 0 Å². The van der Waals surface area contributed by atoms with E-state index >= 15 is 0 Å². The third kappa shape index (κ3) is 1.42. The van der Waals surface area contributed by atoms with E-state index in [4.69, 9.17) is 10.7 Å². The van der Waals surface area contributed by atoms with Gasteiger partial charge in [0.2, 0.25) is 0 Å². The van der Waals surface area contributed by atoms with Crippen molar-refractivity contribution in [1.82, 2.24) is 10.2 Å². The summed E-state index contributed by atoms with van der Waals surface area (Å²) in [5.74, 6) is 0. The highest BCUT2D eigenvalue weighted by Gasteiger charge is 2.11. The van der Waals surface area contributed by atoms with E-state index < -0.39 is 9.05 Å². The van der Waals surface area contributed by atoms with E-state index in [1.54, 1.807) is 0 Å². The first-order valence-corrected chi connectivity index (χ1v) is 5.94. The molecule has 0 aliphatic heterocycles. The van der Waals surface area contributed by atoms with Crippen LogP contribution in [0.1, 0.15) is 0 Å². The van der Waals surface area contributed by atoms with E-state index in [0.29, 0.717) is 5.52 Å². The summed E-state index contributed by atoms with van der Waals surface area (Å²) in [5, 5.41) is 5.20. The van der Waals surface area contributed by atoms with Crippen molar-refractivity contribution in [2.24, 2.45) is 0 Å². The second-order valence-corrected chi connectivity index (χ2v) is 5.29.